The van der Waals surface area contributed by atoms with Gasteiger partial charge in [0.1, 0.15) is 6.26 Å². The first-order valence-corrected chi connectivity index (χ1v) is 15.8. The molecule has 0 radical (unpaired) electrons. The van der Waals surface area contributed by atoms with E-state index in [1.165, 1.54) is 70.5 Å². The Hall–Kier alpha value is -3.53. The largest absolute Gasteiger partial charge is 0.444 e. The number of nitrogens with one attached hydrogen (secondary N) is 1. The summed E-state index contributed by atoms with van der Waals surface area (Å²) in [5.74, 6) is 0.974. The third-order valence-electron chi connectivity index (χ3n) is 9.74. The normalized spacial score (nSPS) is 23.0. The number of amides is 2. The molecule has 2 aliphatic carbocycles. The van der Waals surface area contributed by atoms with Gasteiger partial charge < -0.3 is 20.4 Å². The van der Waals surface area contributed by atoms with E-state index >= 15 is 0 Å². The molecule has 3 aromatic heterocycles. The lowest BCUT2D eigenvalue weighted by molar-refractivity contribution is 0.0722. The molecule has 1 aliphatic heterocycles. The summed E-state index contributed by atoms with van der Waals surface area (Å²) in [4.78, 5) is 36.5. The standard InChI is InChI=1S/C32H43N7O3/c1-21-17-24(11-14-34-21)32-36-28(20-42-32)31(41)35-27-19-39(37-29(27)30(33)40)25-12-15-38(16-13-25)26-10-6-9-23(18-26)22-7-4-2-3-5-8-22/h11,14,17,19-20,22-23,25-26H,2-10,12-13,15-16,18H2,1H3,(H2,33,40)(H,35,41). The fourth-order valence-electron chi connectivity index (χ4n) is 7.49. The van der Waals surface area contributed by atoms with Crippen LogP contribution in [0.1, 0.15) is 110 Å². The summed E-state index contributed by atoms with van der Waals surface area (Å²) in [6, 6.07) is 4.44. The quantitative estimate of drug-likeness (QED) is 0.344. The molecule has 2 atom stereocenters. The van der Waals surface area contributed by atoms with Gasteiger partial charge in [0.15, 0.2) is 11.4 Å². The average molecular weight is 574 g/mol. The number of pyridine rings is 1. The Morgan fingerprint density at radius 1 is 0.976 bits per heavy atom. The molecule has 4 heterocycles. The number of hydrogen-bond donors (Lipinski definition) is 2. The van der Waals surface area contributed by atoms with E-state index < -0.39 is 11.8 Å². The lowest BCUT2D eigenvalue weighted by Gasteiger charge is -2.43. The zero-order chi connectivity index (χ0) is 29.1. The molecular formula is C32H43N7O3. The fraction of sp³-hybridized carbons (Fsp3) is 0.594. The zero-order valence-corrected chi connectivity index (χ0v) is 24.6. The predicted octanol–water partition coefficient (Wildman–Crippen LogP) is 5.76. The number of aryl methyl sites for hydroxylation is 1. The van der Waals surface area contributed by atoms with Crippen LogP contribution in [0.5, 0.6) is 0 Å². The van der Waals surface area contributed by atoms with Crippen LogP contribution in [0, 0.1) is 18.8 Å². The second-order valence-electron chi connectivity index (χ2n) is 12.5. The number of oxazole rings is 1. The smallest absolute Gasteiger partial charge is 0.277 e. The van der Waals surface area contributed by atoms with Crippen molar-refractivity contribution in [2.75, 3.05) is 18.4 Å². The maximum Gasteiger partial charge on any atom is 0.277 e. The summed E-state index contributed by atoms with van der Waals surface area (Å²) in [6.07, 6.45) is 20.6. The topological polar surface area (TPSA) is 132 Å². The van der Waals surface area contributed by atoms with Crippen LogP contribution >= 0.6 is 0 Å². The minimum absolute atomic E-state index is 0.0535. The third-order valence-corrected chi connectivity index (χ3v) is 9.74. The highest BCUT2D eigenvalue weighted by atomic mass is 16.3. The SMILES string of the molecule is Cc1cc(-c2nc(C(=O)Nc3cn(C4CCN(C5CCCC(C6CCCCCC6)C5)CC4)nc3C(N)=O)co2)ccn1. The number of aromatic nitrogens is 4. The van der Waals surface area contributed by atoms with E-state index in [2.05, 4.69) is 25.3 Å². The summed E-state index contributed by atoms with van der Waals surface area (Å²) >= 11 is 0. The number of nitrogens with two attached hydrogens (primary N) is 1. The summed E-state index contributed by atoms with van der Waals surface area (Å²) in [5, 5.41) is 7.30. The molecule has 2 amide bonds. The molecule has 2 saturated carbocycles. The van der Waals surface area contributed by atoms with Crippen molar-refractivity contribution in [1.82, 2.24) is 24.6 Å². The highest BCUT2D eigenvalue weighted by Gasteiger charge is 2.34. The van der Waals surface area contributed by atoms with Gasteiger partial charge in [-0.3, -0.25) is 19.3 Å². The second kappa shape index (κ2) is 12.8. The van der Waals surface area contributed by atoms with Crippen LogP contribution in [0.25, 0.3) is 11.5 Å². The summed E-state index contributed by atoms with van der Waals surface area (Å²) in [5.41, 5.74) is 7.65. The minimum atomic E-state index is -0.679. The van der Waals surface area contributed by atoms with Gasteiger partial charge in [0, 0.05) is 42.8 Å². The molecule has 6 rings (SSSR count). The van der Waals surface area contributed by atoms with Gasteiger partial charge >= 0.3 is 0 Å². The Morgan fingerprint density at radius 3 is 2.48 bits per heavy atom. The molecule has 3 fully saturated rings. The first-order valence-electron chi connectivity index (χ1n) is 15.8. The summed E-state index contributed by atoms with van der Waals surface area (Å²) in [7, 11) is 0. The van der Waals surface area contributed by atoms with E-state index in [9.17, 15) is 9.59 Å². The van der Waals surface area contributed by atoms with Gasteiger partial charge in [-0.2, -0.15) is 5.10 Å². The van der Waals surface area contributed by atoms with E-state index in [-0.39, 0.29) is 23.1 Å². The maximum atomic E-state index is 13.0. The highest BCUT2D eigenvalue weighted by molar-refractivity contribution is 6.07. The zero-order valence-electron chi connectivity index (χ0n) is 24.6. The van der Waals surface area contributed by atoms with Gasteiger partial charge in [-0.05, 0) is 56.6 Å². The van der Waals surface area contributed by atoms with Crippen LogP contribution in [0.3, 0.4) is 0 Å². The molecule has 10 heteroatoms. The van der Waals surface area contributed by atoms with Crippen LogP contribution in [0.2, 0.25) is 0 Å². The number of nitrogens with zero attached hydrogens (tertiary/aromatic N) is 5. The molecule has 10 nitrogen and oxygen atoms in total. The van der Waals surface area contributed by atoms with Crippen molar-refractivity contribution < 1.29 is 14.0 Å². The molecule has 0 bridgehead atoms. The Kier molecular flexibility index (Phi) is 8.69. The van der Waals surface area contributed by atoms with E-state index in [0.29, 0.717) is 11.9 Å². The van der Waals surface area contributed by atoms with Crippen LogP contribution in [-0.4, -0.2) is 55.6 Å². The first-order chi connectivity index (χ1) is 20.4. The number of anilines is 1. The van der Waals surface area contributed by atoms with Crippen LogP contribution in [0.15, 0.2) is 35.2 Å². The molecule has 3 N–H and O–H groups in total. The molecule has 0 spiro atoms. The van der Waals surface area contributed by atoms with Gasteiger partial charge in [-0.15, -0.1) is 0 Å². The number of carbonyl (C=O) groups is 2. The monoisotopic (exact) mass is 573 g/mol. The number of hydrogen-bond acceptors (Lipinski definition) is 7. The van der Waals surface area contributed by atoms with Crippen molar-refractivity contribution in [3.8, 4) is 11.5 Å². The number of piperidine rings is 1. The Bertz CT molecular complexity index is 1380. The fourth-order valence-corrected chi connectivity index (χ4v) is 7.49. The van der Waals surface area contributed by atoms with Crippen molar-refractivity contribution >= 4 is 17.5 Å². The van der Waals surface area contributed by atoms with Crippen LogP contribution < -0.4 is 11.1 Å². The van der Waals surface area contributed by atoms with Crippen LogP contribution in [-0.2, 0) is 0 Å². The van der Waals surface area contributed by atoms with Gasteiger partial charge in [0.2, 0.25) is 5.89 Å². The Balaban J connectivity index is 1.08. The van der Waals surface area contributed by atoms with E-state index in [1.807, 2.05) is 17.7 Å². The predicted molar refractivity (Wildman–Crippen MR) is 160 cm³/mol. The third kappa shape index (κ3) is 6.43. The van der Waals surface area contributed by atoms with E-state index in [1.54, 1.807) is 18.5 Å². The Labute approximate surface area is 247 Å². The molecule has 3 aliphatic rings. The molecule has 3 aromatic rings. The van der Waals surface area contributed by atoms with Crippen molar-refractivity contribution in [1.29, 1.82) is 0 Å². The number of carbonyl (C=O) groups excluding carboxylic acids is 2. The first kappa shape index (κ1) is 28.6. The van der Waals surface area contributed by atoms with Gasteiger partial charge in [0.05, 0.1) is 11.7 Å². The van der Waals surface area contributed by atoms with Crippen LogP contribution in [0.4, 0.5) is 5.69 Å². The van der Waals surface area contributed by atoms with Gasteiger partial charge in [-0.25, -0.2) is 4.98 Å². The lowest BCUT2D eigenvalue weighted by Crippen LogP contribution is -2.44. The molecule has 224 valence electrons. The van der Waals surface area contributed by atoms with Crippen molar-refractivity contribution in [3.05, 3.63) is 47.9 Å². The maximum absolute atomic E-state index is 13.0. The highest BCUT2D eigenvalue weighted by Crippen LogP contribution is 2.40. The van der Waals surface area contributed by atoms with Crippen molar-refractivity contribution in [2.24, 2.45) is 17.6 Å². The second-order valence-corrected chi connectivity index (χ2v) is 12.5. The van der Waals surface area contributed by atoms with Gasteiger partial charge in [-0.1, -0.05) is 51.4 Å². The van der Waals surface area contributed by atoms with E-state index in [0.717, 1.165) is 49.0 Å². The van der Waals surface area contributed by atoms with Crippen molar-refractivity contribution in [3.63, 3.8) is 0 Å². The molecule has 2 unspecified atom stereocenters. The average Bonchev–Trinajstić information content (AvgIpc) is 3.58. The van der Waals surface area contributed by atoms with Crippen molar-refractivity contribution in [2.45, 2.75) is 96.1 Å². The summed E-state index contributed by atoms with van der Waals surface area (Å²) < 4.78 is 7.35. The molecule has 0 aromatic carbocycles. The van der Waals surface area contributed by atoms with Gasteiger partial charge in [0.25, 0.3) is 11.8 Å². The number of primary amides is 1. The molecular weight excluding hydrogens is 530 g/mol. The number of rotatable bonds is 7. The lowest BCUT2D eigenvalue weighted by atomic mass is 9.74. The molecule has 1 saturated heterocycles. The van der Waals surface area contributed by atoms with E-state index in [4.69, 9.17) is 10.2 Å². The minimum Gasteiger partial charge on any atom is -0.444 e. The number of likely N-dealkylation sites (tertiary alicyclic amines) is 1. The summed E-state index contributed by atoms with van der Waals surface area (Å²) in [6.45, 7) is 3.92. The Morgan fingerprint density at radius 2 is 1.74 bits per heavy atom. The molecule has 42 heavy (non-hydrogen) atoms.